The lowest BCUT2D eigenvalue weighted by Gasteiger charge is -2.39. The van der Waals surface area contributed by atoms with Gasteiger partial charge in [0, 0.05) is 88.7 Å². The number of hydrogen-bond acceptors (Lipinski definition) is 15. The second-order valence-electron chi connectivity index (χ2n) is 31.2. The third-order valence-corrected chi connectivity index (χ3v) is 21.8. The molecule has 3 aromatic carbocycles. The molecular weight excluding hydrogens is 1410 g/mol. The molecule has 29 heteroatoms. The first-order valence-electron chi connectivity index (χ1n) is 38.5. The van der Waals surface area contributed by atoms with Crippen molar-refractivity contribution >= 4 is 82.7 Å². The van der Waals surface area contributed by atoms with Crippen LogP contribution in [-0.2, 0) is 91.1 Å². The summed E-state index contributed by atoms with van der Waals surface area (Å²) in [5, 5.41) is 14.0. The lowest BCUT2D eigenvalue weighted by molar-refractivity contribution is -0.154. The van der Waals surface area contributed by atoms with Crippen LogP contribution in [0.4, 0.5) is 0 Å². The molecule has 3 heterocycles. The molecule has 6 rings (SSSR count). The van der Waals surface area contributed by atoms with E-state index >= 15 is 33.6 Å². The normalized spacial score (nSPS) is 25.7. The number of nitrogens with zero attached hydrogens (tertiary/aromatic N) is 9. The van der Waals surface area contributed by atoms with Crippen LogP contribution in [0.25, 0.3) is 0 Å². The number of nitrogens with one attached hydrogen (secondary N) is 5. The Bertz CT molecular complexity index is 3730. The van der Waals surface area contributed by atoms with E-state index in [2.05, 4.69) is 26.6 Å². The highest BCUT2D eigenvalue weighted by molar-refractivity contribution is 6.02. The minimum Gasteiger partial charge on any atom is -0.345 e. The van der Waals surface area contributed by atoms with Crippen molar-refractivity contribution in [3.63, 3.8) is 0 Å². The number of likely N-dealkylation sites (N-methyl/N-ethyl adjacent to an activating group) is 8. The van der Waals surface area contributed by atoms with Crippen molar-refractivity contribution < 1.29 is 71.9 Å². The summed E-state index contributed by atoms with van der Waals surface area (Å²) in [6, 6.07) is 12.4. The number of ether oxygens (including phenoxy) is 1. The van der Waals surface area contributed by atoms with Crippen LogP contribution in [-0.4, -0.2) is 282 Å². The van der Waals surface area contributed by atoms with Gasteiger partial charge in [0.25, 0.3) is 5.91 Å². The Morgan fingerprint density at radius 3 is 1.59 bits per heavy atom. The van der Waals surface area contributed by atoms with E-state index < -0.39 is 174 Å². The topological polar surface area (TPSA) is 341 Å². The second-order valence-corrected chi connectivity index (χ2v) is 31.2. The first-order valence-corrected chi connectivity index (χ1v) is 38.5. The van der Waals surface area contributed by atoms with Crippen molar-refractivity contribution in [2.75, 3.05) is 82.6 Å². The summed E-state index contributed by atoms with van der Waals surface area (Å²) >= 11 is 0. The smallest absolute Gasteiger partial charge is 0.279 e. The van der Waals surface area contributed by atoms with E-state index in [1.165, 1.54) is 91.9 Å². The van der Waals surface area contributed by atoms with E-state index in [9.17, 15) is 33.6 Å². The average Bonchev–Trinajstić information content (AvgIpc) is 1.58. The fraction of sp³-hybridized carbons (Fsp3) is 0.605. The van der Waals surface area contributed by atoms with E-state index in [0.29, 0.717) is 36.2 Å². The minimum atomic E-state index is -2.04. The average molecular weight is 1530 g/mol. The molecule has 3 aromatic rings. The van der Waals surface area contributed by atoms with Gasteiger partial charge >= 0.3 is 0 Å². The molecule has 110 heavy (non-hydrogen) atoms. The molecule has 14 amide bonds. The maximum absolute atomic E-state index is 15.6. The van der Waals surface area contributed by atoms with E-state index in [0.717, 1.165) is 43.8 Å². The van der Waals surface area contributed by atoms with Crippen LogP contribution in [0.15, 0.2) is 91.0 Å². The highest BCUT2D eigenvalue weighted by atomic mass is 16.6. The SMILES string of the molecule is CC[C@H](C)[C@@H]1NC(=O)[C@H](C)N(C)C(=O)C[C@@H](C(=O)N(C)[C@@H](Cc2ccccc2)C(=O)NCC(=O)N2CCCCC2)NC(=O)[C@H](Cc2ccccc2)N(C)C(=O)CN(C)C(=O)[C@]2(NC(=O)[C@H](C)N(C)C(=O)[C@H](C(C)C)N(C)C(=O)[C@H](CC(C)C)N(C)C(=O)[C@H](Cc3ccccc3)NC(=O)[C@H](CC(C)C)N(C)C1=O)OC2C. The number of piperidine rings is 1. The second kappa shape index (κ2) is 40.2. The molecule has 1 spiro atoms. The number of rotatable bonds is 18. The van der Waals surface area contributed by atoms with Crippen LogP contribution in [0.3, 0.4) is 0 Å². The summed E-state index contributed by atoms with van der Waals surface area (Å²) in [5.74, 6) is -12.1. The molecule has 0 radical (unpaired) electrons. The quantitative estimate of drug-likeness (QED) is 0.114. The molecule has 0 bridgehead atoms. The molecule has 0 aromatic heterocycles. The lowest BCUT2D eigenvalue weighted by atomic mass is 9.94. The van der Waals surface area contributed by atoms with Gasteiger partial charge in [-0.1, -0.05) is 153 Å². The highest BCUT2D eigenvalue weighted by Crippen LogP contribution is 2.36. The van der Waals surface area contributed by atoms with E-state index in [1.54, 1.807) is 124 Å². The number of epoxide rings is 1. The van der Waals surface area contributed by atoms with Gasteiger partial charge in [0.15, 0.2) is 0 Å². The van der Waals surface area contributed by atoms with Crippen molar-refractivity contribution in [1.82, 2.24) is 70.7 Å². The first kappa shape index (κ1) is 89.1. The van der Waals surface area contributed by atoms with Gasteiger partial charge in [0.1, 0.15) is 66.5 Å². The Kier molecular flexibility index (Phi) is 32.6. The number of amides is 14. The monoisotopic (exact) mass is 1530 g/mol. The number of carbonyl (C=O) groups excluding carboxylic acids is 14. The van der Waals surface area contributed by atoms with Gasteiger partial charge in [-0.3, -0.25) is 67.1 Å². The molecule has 604 valence electrons. The first-order chi connectivity index (χ1) is 51.8. The third kappa shape index (κ3) is 22.9. The summed E-state index contributed by atoms with van der Waals surface area (Å²) < 4.78 is 5.86. The molecule has 3 saturated heterocycles. The Morgan fingerprint density at radius 1 is 0.555 bits per heavy atom. The van der Waals surface area contributed by atoms with Crippen LogP contribution in [0.5, 0.6) is 0 Å². The van der Waals surface area contributed by atoms with Gasteiger partial charge in [0.05, 0.1) is 19.5 Å². The molecule has 1 unspecified atom stereocenters. The standard InChI is InChI=1S/C81H120N14O15/c1-20-52(8)68-78(107)92(17)61(41-49(2)3)73(102)83-59(43-56-33-25-21-26-34-56)75(104)93(18)64(42-50(4)5)77(106)94(19)69(51(6)7)79(108)89(14)54(10)71(100)86-81(55(11)110-81)80(109)87(12)48-67(98)90(15)63(45-58-37-29-23-30-38-58)74(103)84-60(46-65(96)88(13)53(9)70(99)85-68)76(105)91(16)62(44-57-35-27-22-28-36-57)72(101)82-47-66(97)95-39-31-24-32-40-95/h21-23,25-30,33-38,49-55,59-64,68-69H,20,24,31-32,39-48H2,1-19H3,(H,82,101)(H,83,102)(H,84,103)(H,85,99)(H,86,100)/t52-,53-,54-,55?,59-,60-,61-,62-,63-,64-,68-,69-,81+/m0/s1. The number of carbonyl (C=O) groups is 14. The number of hydrogen-bond donors (Lipinski definition) is 5. The molecule has 5 N–H and O–H groups in total. The van der Waals surface area contributed by atoms with Crippen molar-refractivity contribution in [3.8, 4) is 0 Å². The number of likely N-dealkylation sites (tertiary alicyclic amines) is 1. The van der Waals surface area contributed by atoms with Crippen molar-refractivity contribution in [1.29, 1.82) is 0 Å². The van der Waals surface area contributed by atoms with E-state index in [4.69, 9.17) is 4.74 Å². The zero-order valence-corrected chi connectivity index (χ0v) is 67.9. The van der Waals surface area contributed by atoms with Gasteiger partial charge in [-0.05, 0) is 93.2 Å². The maximum atomic E-state index is 15.6. The van der Waals surface area contributed by atoms with Crippen molar-refractivity contribution in [2.45, 2.75) is 213 Å². The lowest BCUT2D eigenvalue weighted by Crippen LogP contribution is -2.62. The van der Waals surface area contributed by atoms with Crippen molar-refractivity contribution in [3.05, 3.63) is 108 Å². The fourth-order valence-corrected chi connectivity index (χ4v) is 14.0. The summed E-state index contributed by atoms with van der Waals surface area (Å²) in [5.41, 5.74) is -0.236. The van der Waals surface area contributed by atoms with Gasteiger partial charge in [0.2, 0.25) is 82.5 Å². The van der Waals surface area contributed by atoms with Crippen molar-refractivity contribution in [2.24, 2.45) is 23.7 Å². The molecule has 3 fully saturated rings. The highest BCUT2D eigenvalue weighted by Gasteiger charge is 2.63. The van der Waals surface area contributed by atoms with Crippen LogP contribution >= 0.6 is 0 Å². The summed E-state index contributed by atoms with van der Waals surface area (Å²) in [6.07, 6.45) is 0.917. The Balaban J connectivity index is 1.48. The third-order valence-electron chi connectivity index (χ3n) is 21.8. The van der Waals surface area contributed by atoms with Crippen LogP contribution in [0, 0.1) is 23.7 Å². The van der Waals surface area contributed by atoms with E-state index in [-0.39, 0.29) is 56.4 Å². The predicted octanol–water partition coefficient (Wildman–Crippen LogP) is 3.01. The Hall–Kier alpha value is -9.80. The number of benzene rings is 3. The summed E-state index contributed by atoms with van der Waals surface area (Å²) in [6.45, 7) is 18.7. The Labute approximate surface area is 648 Å². The molecule has 0 aliphatic carbocycles. The fourth-order valence-electron chi connectivity index (χ4n) is 14.0. The van der Waals surface area contributed by atoms with E-state index in [1.807, 2.05) is 27.7 Å². The van der Waals surface area contributed by atoms with Gasteiger partial charge < -0.3 is 75.4 Å². The van der Waals surface area contributed by atoms with Gasteiger partial charge in [-0.2, -0.15) is 0 Å². The summed E-state index contributed by atoms with van der Waals surface area (Å²) in [7, 11) is 10.9. The molecule has 3 aliphatic heterocycles. The zero-order valence-electron chi connectivity index (χ0n) is 67.9. The minimum absolute atomic E-state index is 0.0584. The van der Waals surface area contributed by atoms with Gasteiger partial charge in [-0.25, -0.2) is 0 Å². The van der Waals surface area contributed by atoms with Crippen LogP contribution in [0.2, 0.25) is 0 Å². The molecule has 13 atom stereocenters. The molecule has 29 nitrogen and oxygen atoms in total. The summed E-state index contributed by atoms with van der Waals surface area (Å²) in [4.78, 5) is 220. The molecular formula is C81H120N14O15. The molecule has 0 saturated carbocycles. The van der Waals surface area contributed by atoms with Gasteiger partial charge in [-0.15, -0.1) is 0 Å². The Morgan fingerprint density at radius 2 is 1.06 bits per heavy atom. The predicted molar refractivity (Wildman–Crippen MR) is 414 cm³/mol. The largest absolute Gasteiger partial charge is 0.345 e. The van der Waals surface area contributed by atoms with Crippen LogP contribution < -0.4 is 26.6 Å². The maximum Gasteiger partial charge on any atom is 0.279 e. The zero-order chi connectivity index (χ0) is 81.9. The van der Waals surface area contributed by atoms with Crippen LogP contribution in [0.1, 0.15) is 138 Å². The molecule has 3 aliphatic rings.